The Bertz CT molecular complexity index is 1010. The van der Waals surface area contributed by atoms with E-state index in [0.717, 1.165) is 29.7 Å². The van der Waals surface area contributed by atoms with Crippen LogP contribution < -0.4 is 16.6 Å². The van der Waals surface area contributed by atoms with E-state index in [1.165, 1.54) is 49.5 Å². The first-order valence-corrected chi connectivity index (χ1v) is 12.1. The van der Waals surface area contributed by atoms with Crippen molar-refractivity contribution in [3.8, 4) is 0 Å². The molecule has 4 saturated carbocycles. The highest BCUT2D eigenvalue weighted by atomic mass is 16.2. The van der Waals surface area contributed by atoms with E-state index < -0.39 is 6.04 Å². The third-order valence-electron chi connectivity index (χ3n) is 8.48. The second kappa shape index (κ2) is 8.14. The van der Waals surface area contributed by atoms with Crippen LogP contribution in [0.1, 0.15) is 74.8 Å². The molecule has 170 valence electrons. The van der Waals surface area contributed by atoms with Gasteiger partial charge in [-0.05, 0) is 85.3 Å². The second-order valence-corrected chi connectivity index (χ2v) is 10.6. The van der Waals surface area contributed by atoms with Gasteiger partial charge in [0, 0.05) is 5.39 Å². The summed E-state index contributed by atoms with van der Waals surface area (Å²) in [6.45, 7) is 3.93. The molecule has 1 aromatic heterocycles. The van der Waals surface area contributed by atoms with Gasteiger partial charge in [0.05, 0.1) is 5.52 Å². The molecule has 2 atom stereocenters. The van der Waals surface area contributed by atoms with Crippen LogP contribution in [0.4, 0.5) is 0 Å². The van der Waals surface area contributed by atoms with Gasteiger partial charge in [0.2, 0.25) is 0 Å². The lowest BCUT2D eigenvalue weighted by molar-refractivity contribution is -0.124. The zero-order valence-electron chi connectivity index (χ0n) is 19.1. The van der Waals surface area contributed by atoms with Gasteiger partial charge in [-0.15, -0.1) is 0 Å². The Balaban J connectivity index is 1.54. The fraction of sp³-hybridized carbons (Fsp3) is 0.577. The number of aromatic nitrogens is 1. The van der Waals surface area contributed by atoms with Crippen molar-refractivity contribution < 1.29 is 9.59 Å². The summed E-state index contributed by atoms with van der Waals surface area (Å²) < 4.78 is 0. The first-order chi connectivity index (χ1) is 15.4. The maximum absolute atomic E-state index is 13.3. The predicted octanol–water partition coefficient (Wildman–Crippen LogP) is 3.84. The monoisotopic (exact) mass is 434 g/mol. The molecule has 1 heterocycles. The highest BCUT2D eigenvalue weighted by molar-refractivity contribution is 5.98. The molecule has 4 aliphatic carbocycles. The molecule has 32 heavy (non-hydrogen) atoms. The summed E-state index contributed by atoms with van der Waals surface area (Å²) >= 11 is 0. The lowest BCUT2D eigenvalue weighted by Gasteiger charge is -2.57. The van der Waals surface area contributed by atoms with E-state index in [0.29, 0.717) is 5.69 Å². The van der Waals surface area contributed by atoms with Crippen LogP contribution in [0.15, 0.2) is 30.3 Å². The van der Waals surface area contributed by atoms with Gasteiger partial charge in [0.15, 0.2) is 0 Å². The third-order valence-corrected chi connectivity index (χ3v) is 8.48. The first kappa shape index (κ1) is 21.4. The van der Waals surface area contributed by atoms with Gasteiger partial charge in [0.1, 0.15) is 11.7 Å². The largest absolute Gasteiger partial charge is 0.339 e. The molecule has 0 aliphatic heterocycles. The molecule has 2 amide bonds. The maximum Gasteiger partial charge on any atom is 0.270 e. The van der Waals surface area contributed by atoms with E-state index in [-0.39, 0.29) is 23.1 Å². The van der Waals surface area contributed by atoms with E-state index in [2.05, 4.69) is 22.9 Å². The molecule has 0 saturated heterocycles. The number of rotatable bonds is 6. The van der Waals surface area contributed by atoms with E-state index in [1.54, 1.807) is 0 Å². The van der Waals surface area contributed by atoms with Gasteiger partial charge in [-0.2, -0.15) is 0 Å². The SMILES string of the molecule is CC[C@H](C)[C@H](NC(=O)c1cc(C23CC4CC(CC(C4)C2)C3)c2ccccc2n1)C(=O)NN. The van der Waals surface area contributed by atoms with Gasteiger partial charge >= 0.3 is 0 Å². The Morgan fingerprint density at radius 2 is 1.75 bits per heavy atom. The third kappa shape index (κ3) is 3.58. The van der Waals surface area contributed by atoms with Gasteiger partial charge in [-0.25, -0.2) is 10.8 Å². The van der Waals surface area contributed by atoms with Gasteiger partial charge < -0.3 is 5.32 Å². The summed E-state index contributed by atoms with van der Waals surface area (Å²) in [6, 6.07) is 9.53. The molecular formula is C26H34N4O2. The number of amides is 2. The fourth-order valence-electron chi connectivity index (χ4n) is 7.18. The molecule has 1 aromatic carbocycles. The highest BCUT2D eigenvalue weighted by Gasteiger charge is 2.52. The number of hydrazine groups is 1. The normalized spacial score (nSPS) is 30.2. The van der Waals surface area contributed by atoms with E-state index in [9.17, 15) is 9.59 Å². The maximum atomic E-state index is 13.3. The number of hydrogen-bond acceptors (Lipinski definition) is 4. The summed E-state index contributed by atoms with van der Waals surface area (Å²) in [7, 11) is 0. The predicted molar refractivity (Wildman–Crippen MR) is 125 cm³/mol. The number of nitrogens with two attached hydrogens (primary N) is 1. The van der Waals surface area contributed by atoms with Gasteiger partial charge in [0.25, 0.3) is 11.8 Å². The quantitative estimate of drug-likeness (QED) is 0.366. The van der Waals surface area contributed by atoms with Crippen LogP contribution in [-0.2, 0) is 10.2 Å². The molecule has 4 aliphatic rings. The fourth-order valence-corrected chi connectivity index (χ4v) is 7.18. The van der Waals surface area contributed by atoms with Crippen LogP contribution >= 0.6 is 0 Å². The van der Waals surface area contributed by atoms with Crippen molar-refractivity contribution in [2.45, 2.75) is 70.3 Å². The molecule has 2 aromatic rings. The number of carbonyl (C=O) groups excluding carboxylic acids is 2. The molecule has 0 unspecified atom stereocenters. The molecule has 6 rings (SSSR count). The van der Waals surface area contributed by atoms with Crippen LogP contribution in [0.2, 0.25) is 0 Å². The Labute approximate surface area is 189 Å². The Morgan fingerprint density at radius 3 is 2.34 bits per heavy atom. The molecule has 6 nitrogen and oxygen atoms in total. The average Bonchev–Trinajstić information content (AvgIpc) is 2.79. The first-order valence-electron chi connectivity index (χ1n) is 12.1. The van der Waals surface area contributed by atoms with Gasteiger partial charge in [-0.3, -0.25) is 15.0 Å². The van der Waals surface area contributed by atoms with Crippen LogP contribution in [0.25, 0.3) is 10.9 Å². The molecule has 6 heteroatoms. The number of benzene rings is 1. The van der Waals surface area contributed by atoms with E-state index in [1.807, 2.05) is 32.0 Å². The number of carbonyl (C=O) groups is 2. The lowest BCUT2D eigenvalue weighted by atomic mass is 9.48. The van der Waals surface area contributed by atoms with Crippen molar-refractivity contribution in [3.63, 3.8) is 0 Å². The van der Waals surface area contributed by atoms with Crippen molar-refractivity contribution in [1.29, 1.82) is 0 Å². The number of nitrogens with one attached hydrogen (secondary N) is 2. The zero-order chi connectivity index (χ0) is 22.5. The van der Waals surface area contributed by atoms with Crippen LogP contribution in [-0.4, -0.2) is 22.8 Å². The minimum Gasteiger partial charge on any atom is -0.339 e. The average molecular weight is 435 g/mol. The van der Waals surface area contributed by atoms with E-state index >= 15 is 0 Å². The minimum absolute atomic E-state index is 0.0365. The Hall–Kier alpha value is -2.47. The molecule has 4 fully saturated rings. The molecule has 0 spiro atoms. The summed E-state index contributed by atoms with van der Waals surface area (Å²) in [6.07, 6.45) is 8.54. The highest BCUT2D eigenvalue weighted by Crippen LogP contribution is 2.61. The van der Waals surface area contributed by atoms with Crippen LogP contribution in [0.3, 0.4) is 0 Å². The smallest absolute Gasteiger partial charge is 0.270 e. The summed E-state index contributed by atoms with van der Waals surface area (Å²) in [5.41, 5.74) is 4.88. The zero-order valence-corrected chi connectivity index (χ0v) is 19.1. The Morgan fingerprint density at radius 1 is 1.12 bits per heavy atom. The van der Waals surface area contributed by atoms with E-state index in [4.69, 9.17) is 10.8 Å². The molecule has 0 radical (unpaired) electrons. The van der Waals surface area contributed by atoms with Crippen LogP contribution in [0.5, 0.6) is 0 Å². The van der Waals surface area contributed by atoms with Crippen molar-refractivity contribution >= 4 is 22.7 Å². The van der Waals surface area contributed by atoms with Crippen molar-refractivity contribution in [2.24, 2.45) is 29.5 Å². The molecule has 4 bridgehead atoms. The number of para-hydroxylation sites is 1. The molecule has 4 N–H and O–H groups in total. The number of fused-ring (bicyclic) bond motifs is 1. The minimum atomic E-state index is -0.686. The van der Waals surface area contributed by atoms with Crippen molar-refractivity contribution in [2.75, 3.05) is 0 Å². The summed E-state index contributed by atoms with van der Waals surface area (Å²) in [4.78, 5) is 30.4. The second-order valence-electron chi connectivity index (χ2n) is 10.6. The summed E-state index contributed by atoms with van der Waals surface area (Å²) in [5.74, 6) is 7.10. The molecular weight excluding hydrogens is 400 g/mol. The lowest BCUT2D eigenvalue weighted by Crippen LogP contribution is -2.52. The Kier molecular flexibility index (Phi) is 5.44. The number of hydrogen-bond donors (Lipinski definition) is 3. The standard InChI is InChI=1S/C26H34N4O2/c1-3-15(2)23(25(32)30-27)29-24(31)22-11-20(19-6-4-5-7-21(19)28-22)26-12-16-8-17(13-26)10-18(9-16)14-26/h4-7,11,15-18,23H,3,8-10,12-14,27H2,1-2H3,(H,29,31)(H,30,32)/t15-,16?,17?,18?,23-,26?/m0/s1. The van der Waals surface area contributed by atoms with Gasteiger partial charge in [-0.1, -0.05) is 38.5 Å². The number of nitrogens with zero attached hydrogens (tertiary/aromatic N) is 1. The van der Waals surface area contributed by atoms with Crippen molar-refractivity contribution in [3.05, 3.63) is 41.6 Å². The van der Waals surface area contributed by atoms with Crippen LogP contribution in [0, 0.1) is 23.7 Å². The number of pyridine rings is 1. The van der Waals surface area contributed by atoms with Crippen molar-refractivity contribution in [1.82, 2.24) is 15.7 Å². The summed E-state index contributed by atoms with van der Waals surface area (Å²) in [5, 5.41) is 4.08. The topological polar surface area (TPSA) is 97.1 Å².